The van der Waals surface area contributed by atoms with Gasteiger partial charge in [-0.05, 0) is 54.8 Å². The van der Waals surface area contributed by atoms with E-state index in [1.165, 1.54) is 11.6 Å². The van der Waals surface area contributed by atoms with E-state index in [1.54, 1.807) is 18.2 Å². The first kappa shape index (κ1) is 17.1. The summed E-state index contributed by atoms with van der Waals surface area (Å²) < 4.78 is 16.6. The minimum Gasteiger partial charge on any atom is -0.508 e. The zero-order valence-corrected chi connectivity index (χ0v) is 15.4. The number of likely N-dealkylation sites (tertiary alicyclic amines) is 1. The first-order valence-corrected chi connectivity index (χ1v) is 9.57. The first-order chi connectivity index (χ1) is 13.7. The van der Waals surface area contributed by atoms with E-state index < -0.39 is 5.63 Å². The second-order valence-electron chi connectivity index (χ2n) is 7.30. The van der Waals surface area contributed by atoms with Gasteiger partial charge in [-0.3, -0.25) is 4.90 Å². The topological polar surface area (TPSA) is 72.1 Å². The Kier molecular flexibility index (Phi) is 4.20. The second-order valence-corrected chi connectivity index (χ2v) is 7.30. The number of phenolic OH excluding ortho intramolecular Hbond substituents is 1. The lowest BCUT2D eigenvalue weighted by atomic mass is 10.0. The Morgan fingerprint density at radius 2 is 1.89 bits per heavy atom. The highest BCUT2D eigenvalue weighted by Gasteiger charge is 2.28. The summed E-state index contributed by atoms with van der Waals surface area (Å²) in [4.78, 5) is 14.4. The normalized spacial score (nSPS) is 19.2. The van der Waals surface area contributed by atoms with Gasteiger partial charge in [-0.2, -0.15) is 0 Å². The van der Waals surface area contributed by atoms with E-state index in [9.17, 15) is 9.90 Å². The van der Waals surface area contributed by atoms with Gasteiger partial charge in [-0.1, -0.05) is 6.07 Å². The molecule has 1 saturated heterocycles. The minimum absolute atomic E-state index is 0.0862. The quantitative estimate of drug-likeness (QED) is 0.701. The van der Waals surface area contributed by atoms with E-state index in [-0.39, 0.29) is 11.8 Å². The molecular weight excluding hydrogens is 358 g/mol. The molecule has 6 heteroatoms. The molecule has 1 atom stereocenters. The Morgan fingerprint density at radius 3 is 2.79 bits per heavy atom. The molecule has 0 bridgehead atoms. The maximum atomic E-state index is 12.0. The van der Waals surface area contributed by atoms with Crippen molar-refractivity contribution >= 4 is 11.0 Å². The summed E-state index contributed by atoms with van der Waals surface area (Å²) in [6, 6.07) is 12.9. The van der Waals surface area contributed by atoms with Crippen molar-refractivity contribution in [1.82, 2.24) is 4.90 Å². The van der Waals surface area contributed by atoms with Crippen molar-refractivity contribution in [2.45, 2.75) is 25.4 Å². The fraction of sp³-hybridized carbons (Fsp3) is 0.318. The molecule has 144 valence electrons. The van der Waals surface area contributed by atoms with Gasteiger partial charge in [0, 0.05) is 30.1 Å². The van der Waals surface area contributed by atoms with Gasteiger partial charge in [0.15, 0.2) is 11.5 Å². The number of fused-ring (bicyclic) bond motifs is 2. The van der Waals surface area contributed by atoms with Gasteiger partial charge < -0.3 is 19.0 Å². The van der Waals surface area contributed by atoms with Crippen molar-refractivity contribution in [3.8, 4) is 17.2 Å². The van der Waals surface area contributed by atoms with Crippen LogP contribution in [0.25, 0.3) is 11.0 Å². The third-order valence-corrected chi connectivity index (χ3v) is 5.50. The molecule has 3 heterocycles. The average Bonchev–Trinajstić information content (AvgIpc) is 3.15. The van der Waals surface area contributed by atoms with Gasteiger partial charge >= 0.3 is 5.63 Å². The summed E-state index contributed by atoms with van der Waals surface area (Å²) >= 11 is 0. The lowest BCUT2D eigenvalue weighted by molar-refractivity contribution is 0.170. The van der Waals surface area contributed by atoms with Crippen LogP contribution in [0, 0.1) is 0 Å². The van der Waals surface area contributed by atoms with Crippen LogP contribution in [0.4, 0.5) is 0 Å². The monoisotopic (exact) mass is 379 g/mol. The summed E-state index contributed by atoms with van der Waals surface area (Å²) in [5, 5.41) is 10.5. The third-order valence-electron chi connectivity index (χ3n) is 5.50. The van der Waals surface area contributed by atoms with Crippen LogP contribution < -0.4 is 15.1 Å². The zero-order valence-electron chi connectivity index (χ0n) is 15.4. The Balaban J connectivity index is 1.47. The van der Waals surface area contributed by atoms with Gasteiger partial charge in [0.05, 0.1) is 0 Å². The molecule has 0 aliphatic carbocycles. The van der Waals surface area contributed by atoms with E-state index in [1.807, 2.05) is 6.07 Å². The van der Waals surface area contributed by atoms with Crippen molar-refractivity contribution in [3.63, 3.8) is 0 Å². The Bertz CT molecular complexity index is 1090. The molecule has 6 nitrogen and oxygen atoms in total. The van der Waals surface area contributed by atoms with Crippen molar-refractivity contribution in [2.24, 2.45) is 0 Å². The number of aromatic hydroxyl groups is 1. The van der Waals surface area contributed by atoms with Crippen molar-refractivity contribution in [3.05, 3.63) is 64.0 Å². The fourth-order valence-corrected chi connectivity index (χ4v) is 4.23. The Morgan fingerprint density at radius 1 is 1.04 bits per heavy atom. The molecule has 1 aromatic heterocycles. The summed E-state index contributed by atoms with van der Waals surface area (Å²) in [5.74, 6) is 1.69. The number of phenols is 1. The van der Waals surface area contributed by atoms with Gasteiger partial charge in [0.25, 0.3) is 0 Å². The number of rotatable bonds is 3. The van der Waals surface area contributed by atoms with Crippen LogP contribution in [0.2, 0.25) is 0 Å². The Labute approximate surface area is 161 Å². The molecule has 5 rings (SSSR count). The number of hydrogen-bond donors (Lipinski definition) is 1. The van der Waals surface area contributed by atoms with Gasteiger partial charge in [0.2, 0.25) is 0 Å². The molecular formula is C22H21NO5. The van der Waals surface area contributed by atoms with E-state index in [0.717, 1.165) is 41.8 Å². The minimum atomic E-state index is -0.400. The lowest BCUT2D eigenvalue weighted by Crippen LogP contribution is -2.24. The van der Waals surface area contributed by atoms with Crippen molar-refractivity contribution in [2.75, 3.05) is 19.8 Å². The summed E-state index contributed by atoms with van der Waals surface area (Å²) in [6.45, 7) is 2.76. The lowest BCUT2D eigenvalue weighted by Gasteiger charge is -2.27. The van der Waals surface area contributed by atoms with Crippen LogP contribution in [-0.4, -0.2) is 29.8 Å². The molecule has 2 aliphatic heterocycles. The van der Waals surface area contributed by atoms with Gasteiger partial charge in [-0.15, -0.1) is 0 Å². The molecule has 1 N–H and O–H groups in total. The number of hydrogen-bond acceptors (Lipinski definition) is 6. The number of ether oxygens (including phenoxy) is 2. The van der Waals surface area contributed by atoms with E-state index in [0.29, 0.717) is 25.3 Å². The highest BCUT2D eigenvalue weighted by molar-refractivity contribution is 5.81. The fourth-order valence-electron chi connectivity index (χ4n) is 4.23. The number of benzene rings is 2. The van der Waals surface area contributed by atoms with Crippen LogP contribution in [0.15, 0.2) is 51.7 Å². The van der Waals surface area contributed by atoms with Crippen LogP contribution in [0.3, 0.4) is 0 Å². The van der Waals surface area contributed by atoms with Gasteiger partial charge in [0.1, 0.15) is 24.5 Å². The largest absolute Gasteiger partial charge is 0.508 e. The summed E-state index contributed by atoms with van der Waals surface area (Å²) in [5.41, 5.74) is 2.13. The molecule has 0 unspecified atom stereocenters. The SMILES string of the molecule is O=c1cc(CN2CCC[C@@H]2c2ccc3c(c2)OCCO3)c2ccc(O)cc2o1. The molecule has 2 aliphatic rings. The van der Waals surface area contributed by atoms with Crippen LogP contribution >= 0.6 is 0 Å². The highest BCUT2D eigenvalue weighted by Crippen LogP contribution is 2.39. The predicted octanol–water partition coefficient (Wildman–Crippen LogP) is 3.61. The molecule has 0 spiro atoms. The summed E-state index contributed by atoms with van der Waals surface area (Å²) in [6.07, 6.45) is 2.15. The molecule has 2 aromatic carbocycles. The second kappa shape index (κ2) is 6.87. The molecule has 0 saturated carbocycles. The van der Waals surface area contributed by atoms with Gasteiger partial charge in [-0.25, -0.2) is 4.79 Å². The summed E-state index contributed by atoms with van der Waals surface area (Å²) in [7, 11) is 0. The van der Waals surface area contributed by atoms with Crippen molar-refractivity contribution in [1.29, 1.82) is 0 Å². The predicted molar refractivity (Wildman–Crippen MR) is 104 cm³/mol. The van der Waals surface area contributed by atoms with E-state index >= 15 is 0 Å². The highest BCUT2D eigenvalue weighted by atomic mass is 16.6. The van der Waals surface area contributed by atoms with Crippen LogP contribution in [-0.2, 0) is 6.54 Å². The molecule has 0 amide bonds. The van der Waals surface area contributed by atoms with E-state index in [2.05, 4.69) is 17.0 Å². The van der Waals surface area contributed by atoms with Crippen LogP contribution in [0.5, 0.6) is 17.2 Å². The molecule has 28 heavy (non-hydrogen) atoms. The average molecular weight is 379 g/mol. The molecule has 3 aromatic rings. The molecule has 1 fully saturated rings. The Hall–Kier alpha value is -2.99. The van der Waals surface area contributed by atoms with Crippen molar-refractivity contribution < 1.29 is 19.0 Å². The smallest absolute Gasteiger partial charge is 0.336 e. The third kappa shape index (κ3) is 3.10. The maximum Gasteiger partial charge on any atom is 0.336 e. The maximum absolute atomic E-state index is 12.0. The number of nitrogens with zero attached hydrogens (tertiary/aromatic N) is 1. The first-order valence-electron chi connectivity index (χ1n) is 9.57. The standard InChI is InChI=1S/C22H21NO5/c24-16-4-5-17-15(11-22(25)28-20(17)12-16)13-23-7-1-2-18(23)14-3-6-19-21(10-14)27-9-8-26-19/h3-6,10-12,18,24H,1-2,7-9,13H2/t18-/m1/s1. The van der Waals surface area contributed by atoms with E-state index in [4.69, 9.17) is 13.9 Å². The zero-order chi connectivity index (χ0) is 19.1. The molecule has 0 radical (unpaired) electrons. The van der Waals surface area contributed by atoms with Crippen LogP contribution in [0.1, 0.15) is 30.0 Å².